The number of nitrogens with zero attached hydrogens (tertiary/aromatic N) is 4. The van der Waals surface area contributed by atoms with Crippen molar-refractivity contribution in [2.75, 3.05) is 5.73 Å². The fraction of sp³-hybridized carbons (Fsp3) is 0.316. The largest absolute Gasteiger partial charge is 0.394 e. The van der Waals surface area contributed by atoms with Crippen molar-refractivity contribution in [3.05, 3.63) is 35.9 Å². The molecule has 10 nitrogen and oxygen atoms in total. The highest BCUT2D eigenvalue weighted by Crippen LogP contribution is 2.29. The van der Waals surface area contributed by atoms with E-state index in [-0.39, 0.29) is 17.5 Å². The summed E-state index contributed by atoms with van der Waals surface area (Å²) < 4.78 is 46.9. The van der Waals surface area contributed by atoms with E-state index in [4.69, 9.17) is 23.3 Å². The van der Waals surface area contributed by atoms with Gasteiger partial charge >= 0.3 is 10.4 Å². The van der Waals surface area contributed by atoms with Gasteiger partial charge in [0.15, 0.2) is 17.0 Å². The van der Waals surface area contributed by atoms with E-state index in [0.29, 0.717) is 35.4 Å². The summed E-state index contributed by atoms with van der Waals surface area (Å²) in [6.45, 7) is 0. The van der Waals surface area contributed by atoms with Crippen LogP contribution >= 0.6 is 0 Å². The minimum atomic E-state index is -4.67. The smallest absolute Gasteiger partial charge is 0.382 e. The van der Waals surface area contributed by atoms with Crippen molar-refractivity contribution in [3.63, 3.8) is 0 Å². The van der Waals surface area contributed by atoms with Crippen LogP contribution in [0.15, 0.2) is 24.3 Å². The highest BCUT2D eigenvalue weighted by Gasteiger charge is 2.28. The molecule has 0 saturated heterocycles. The van der Waals surface area contributed by atoms with Crippen LogP contribution in [0.4, 0.5) is 10.2 Å². The third-order valence-electron chi connectivity index (χ3n) is 4.67. The van der Waals surface area contributed by atoms with E-state index in [1.807, 2.05) is 0 Å². The number of imidazole rings is 1. The lowest BCUT2D eigenvalue weighted by Crippen LogP contribution is -2.20. The molecule has 5 N–H and O–H groups in total. The number of anilines is 1. The number of aromatic nitrogens is 4. The Labute approximate surface area is 177 Å². The molecule has 1 fully saturated rings. The summed E-state index contributed by atoms with van der Waals surface area (Å²) in [5, 5.41) is 10.4. The van der Waals surface area contributed by atoms with Gasteiger partial charge in [0, 0.05) is 12.6 Å². The number of halogens is 1. The molecule has 0 spiro atoms. The lowest BCUT2D eigenvalue weighted by atomic mass is 10.0. The zero-order chi connectivity index (χ0) is 22.8. The van der Waals surface area contributed by atoms with Gasteiger partial charge in [0.05, 0.1) is 0 Å². The average molecular weight is 449 g/mol. The SMILES string of the molecule is Cn1c(-c2cccc(F)c2)nc2c(N)nc(C#CC3(O)CCCC3)nc21.O=S(=O)(O)O. The van der Waals surface area contributed by atoms with Gasteiger partial charge in [-0.05, 0) is 43.7 Å². The van der Waals surface area contributed by atoms with Crippen LogP contribution in [0, 0.1) is 17.7 Å². The van der Waals surface area contributed by atoms with Crippen LogP contribution in [0.3, 0.4) is 0 Å². The molecular formula is C19H20FN5O5S. The first-order chi connectivity index (χ1) is 14.5. The average Bonchev–Trinajstić information content (AvgIpc) is 3.24. The number of hydrogen-bond acceptors (Lipinski definition) is 7. The maximum absolute atomic E-state index is 13.5. The number of nitrogens with two attached hydrogens (primary N) is 1. The van der Waals surface area contributed by atoms with Gasteiger partial charge in [-0.2, -0.15) is 8.42 Å². The maximum Gasteiger partial charge on any atom is 0.394 e. The normalized spacial score (nSPS) is 15.1. The van der Waals surface area contributed by atoms with Gasteiger partial charge in [0.25, 0.3) is 0 Å². The zero-order valence-electron chi connectivity index (χ0n) is 16.4. The molecule has 12 heteroatoms. The first-order valence-corrected chi connectivity index (χ1v) is 10.6. The molecule has 1 aromatic carbocycles. The van der Waals surface area contributed by atoms with Crippen LogP contribution in [-0.2, 0) is 17.4 Å². The molecule has 1 aliphatic rings. The summed E-state index contributed by atoms with van der Waals surface area (Å²) in [6.07, 6.45) is 3.25. The minimum absolute atomic E-state index is 0.205. The highest BCUT2D eigenvalue weighted by molar-refractivity contribution is 7.79. The molecule has 3 aromatic rings. The van der Waals surface area contributed by atoms with Crippen molar-refractivity contribution >= 4 is 27.4 Å². The van der Waals surface area contributed by atoms with Crippen molar-refractivity contribution < 1.29 is 27.0 Å². The predicted molar refractivity (Wildman–Crippen MR) is 111 cm³/mol. The Kier molecular flexibility index (Phi) is 6.23. The Balaban J connectivity index is 0.000000491. The fourth-order valence-corrected chi connectivity index (χ4v) is 3.28. The number of benzene rings is 1. The van der Waals surface area contributed by atoms with Gasteiger partial charge < -0.3 is 15.4 Å². The molecule has 31 heavy (non-hydrogen) atoms. The summed E-state index contributed by atoms with van der Waals surface area (Å²) in [6, 6.07) is 6.17. The lowest BCUT2D eigenvalue weighted by molar-refractivity contribution is 0.110. The van der Waals surface area contributed by atoms with E-state index in [1.165, 1.54) is 12.1 Å². The molecule has 0 radical (unpaired) electrons. The maximum atomic E-state index is 13.5. The second-order valence-corrected chi connectivity index (χ2v) is 7.94. The van der Waals surface area contributed by atoms with Crippen LogP contribution in [-0.4, -0.2) is 47.7 Å². The minimum Gasteiger partial charge on any atom is -0.382 e. The third-order valence-corrected chi connectivity index (χ3v) is 4.67. The van der Waals surface area contributed by atoms with Crippen molar-refractivity contribution in [1.29, 1.82) is 0 Å². The topological polar surface area (TPSA) is 164 Å². The number of fused-ring (bicyclic) bond motifs is 1. The van der Waals surface area contributed by atoms with Crippen molar-refractivity contribution in [1.82, 2.24) is 19.5 Å². The van der Waals surface area contributed by atoms with Gasteiger partial charge in [0.2, 0.25) is 5.82 Å². The van der Waals surface area contributed by atoms with Crippen LogP contribution in [0.25, 0.3) is 22.6 Å². The van der Waals surface area contributed by atoms with E-state index in [0.717, 1.165) is 12.8 Å². The van der Waals surface area contributed by atoms with Crippen LogP contribution < -0.4 is 5.73 Å². The third kappa shape index (κ3) is 5.74. The molecule has 0 aliphatic heterocycles. The van der Waals surface area contributed by atoms with Crippen LogP contribution in [0.2, 0.25) is 0 Å². The summed E-state index contributed by atoms with van der Waals surface area (Å²) in [7, 11) is -2.89. The molecule has 0 unspecified atom stereocenters. The molecular weight excluding hydrogens is 429 g/mol. The van der Waals surface area contributed by atoms with E-state index in [2.05, 4.69) is 26.8 Å². The Morgan fingerprint density at radius 3 is 2.45 bits per heavy atom. The highest BCUT2D eigenvalue weighted by atomic mass is 32.3. The first-order valence-electron chi connectivity index (χ1n) is 9.16. The van der Waals surface area contributed by atoms with Crippen molar-refractivity contribution in [2.45, 2.75) is 31.3 Å². The fourth-order valence-electron chi connectivity index (χ4n) is 3.28. The second kappa shape index (κ2) is 8.56. The second-order valence-electron chi connectivity index (χ2n) is 7.05. The number of rotatable bonds is 1. The molecule has 2 heterocycles. The number of aliphatic hydroxyl groups is 1. The Hall–Kier alpha value is -3.11. The summed E-state index contributed by atoms with van der Waals surface area (Å²) >= 11 is 0. The van der Waals surface area contributed by atoms with Gasteiger partial charge in [-0.25, -0.2) is 19.3 Å². The number of nitrogen functional groups attached to an aromatic ring is 1. The molecule has 0 amide bonds. The predicted octanol–water partition coefficient (Wildman–Crippen LogP) is 1.76. The lowest BCUT2D eigenvalue weighted by Gasteiger charge is -2.12. The van der Waals surface area contributed by atoms with Crippen LogP contribution in [0.1, 0.15) is 31.5 Å². The number of hydrogen-bond donors (Lipinski definition) is 4. The first kappa shape index (κ1) is 22.6. The standard InChI is InChI=1S/C19H18FN5O.H2O4S/c1-25-17(12-5-4-6-13(20)11-12)24-15-16(21)22-14(23-18(15)25)7-10-19(26)8-2-3-9-19;1-5(2,3)4/h4-6,11,26H,2-3,8-9H2,1H3,(H2,21,22,23);(H2,1,2,3,4). The van der Waals surface area contributed by atoms with Gasteiger partial charge in [-0.15, -0.1) is 0 Å². The van der Waals surface area contributed by atoms with E-state index in [1.54, 1.807) is 23.7 Å². The Morgan fingerprint density at radius 1 is 1.19 bits per heavy atom. The van der Waals surface area contributed by atoms with Crippen molar-refractivity contribution in [3.8, 4) is 23.2 Å². The van der Waals surface area contributed by atoms with Crippen molar-refractivity contribution in [2.24, 2.45) is 7.05 Å². The molecule has 164 valence electrons. The van der Waals surface area contributed by atoms with E-state index >= 15 is 0 Å². The number of aryl methyl sites for hydroxylation is 1. The molecule has 0 bridgehead atoms. The van der Waals surface area contributed by atoms with Gasteiger partial charge in [-0.3, -0.25) is 9.11 Å². The van der Waals surface area contributed by atoms with Crippen LogP contribution in [0.5, 0.6) is 0 Å². The summed E-state index contributed by atoms with van der Waals surface area (Å²) in [5.74, 6) is 6.36. The summed E-state index contributed by atoms with van der Waals surface area (Å²) in [4.78, 5) is 13.1. The molecule has 0 atom stereocenters. The molecule has 2 aromatic heterocycles. The van der Waals surface area contributed by atoms with E-state index < -0.39 is 16.0 Å². The molecule has 1 saturated carbocycles. The quantitative estimate of drug-likeness (QED) is 0.320. The summed E-state index contributed by atoms with van der Waals surface area (Å²) in [5.41, 5.74) is 6.64. The van der Waals surface area contributed by atoms with Gasteiger partial charge in [-0.1, -0.05) is 18.1 Å². The zero-order valence-corrected chi connectivity index (χ0v) is 17.3. The Bertz CT molecular complexity index is 1280. The molecule has 1 aliphatic carbocycles. The monoisotopic (exact) mass is 449 g/mol. The Morgan fingerprint density at radius 2 is 1.84 bits per heavy atom. The van der Waals surface area contributed by atoms with E-state index in [9.17, 15) is 9.50 Å². The molecule has 4 rings (SSSR count). The van der Waals surface area contributed by atoms with Gasteiger partial charge in [0.1, 0.15) is 17.2 Å².